The quantitative estimate of drug-likeness (QED) is 0.139. The van der Waals surface area contributed by atoms with Crippen molar-refractivity contribution in [1.82, 2.24) is 0 Å². The molecule has 0 bridgehead atoms. The predicted octanol–water partition coefficient (Wildman–Crippen LogP) is 7.37. The van der Waals surface area contributed by atoms with Crippen molar-refractivity contribution in [2.75, 3.05) is 27.2 Å². The molecule has 1 heteroatoms. The summed E-state index contributed by atoms with van der Waals surface area (Å²) < 4.78 is 1.10. The molecule has 0 radical (unpaired) electrons. The first-order valence-corrected chi connectivity index (χ1v) is 10.9. The van der Waals surface area contributed by atoms with Crippen LogP contribution < -0.4 is 0 Å². The molecule has 0 spiro atoms. The van der Waals surface area contributed by atoms with Crippen LogP contribution in [-0.4, -0.2) is 31.7 Å². The maximum absolute atomic E-state index is 3.85. The zero-order valence-electron chi connectivity index (χ0n) is 17.6. The molecule has 0 amide bonds. The van der Waals surface area contributed by atoms with Crippen molar-refractivity contribution < 1.29 is 4.48 Å². The molecule has 0 aromatic rings. The maximum atomic E-state index is 3.85. The number of hydrogen-bond donors (Lipinski definition) is 0. The summed E-state index contributed by atoms with van der Waals surface area (Å²) in [5.41, 5.74) is 0. The van der Waals surface area contributed by atoms with E-state index in [1.54, 1.807) is 0 Å². The van der Waals surface area contributed by atoms with Crippen molar-refractivity contribution in [2.24, 2.45) is 5.92 Å². The Morgan fingerprint density at radius 1 is 0.667 bits per heavy atom. The highest BCUT2D eigenvalue weighted by atomic mass is 15.3. The van der Waals surface area contributed by atoms with Crippen LogP contribution in [0.4, 0.5) is 0 Å². The van der Waals surface area contributed by atoms with E-state index in [-0.39, 0.29) is 0 Å². The third-order valence-corrected chi connectivity index (χ3v) is 5.17. The fourth-order valence-electron chi connectivity index (χ4n) is 3.48. The van der Waals surface area contributed by atoms with Crippen LogP contribution in [0.5, 0.6) is 0 Å². The van der Waals surface area contributed by atoms with Crippen molar-refractivity contribution in [3.05, 3.63) is 12.7 Å². The minimum absolute atomic E-state index is 0.891. The summed E-state index contributed by atoms with van der Waals surface area (Å²) in [5, 5.41) is 0. The van der Waals surface area contributed by atoms with Crippen molar-refractivity contribution in [1.29, 1.82) is 0 Å². The van der Waals surface area contributed by atoms with Gasteiger partial charge in [-0.3, -0.25) is 0 Å². The summed E-state index contributed by atoms with van der Waals surface area (Å²) in [5.74, 6) is 0.891. The molecule has 0 aromatic heterocycles. The Morgan fingerprint density at radius 3 is 1.42 bits per heavy atom. The van der Waals surface area contributed by atoms with Gasteiger partial charge in [0.15, 0.2) is 0 Å². The zero-order valence-corrected chi connectivity index (χ0v) is 17.6. The summed E-state index contributed by atoms with van der Waals surface area (Å²) in [6.45, 7) is 10.9. The van der Waals surface area contributed by atoms with Gasteiger partial charge in [0.25, 0.3) is 0 Å². The number of unbranched alkanes of at least 4 members (excludes halogenated alkanes) is 12. The largest absolute Gasteiger partial charge is 0.325 e. The van der Waals surface area contributed by atoms with Crippen molar-refractivity contribution in [2.45, 2.75) is 104 Å². The Bertz CT molecular complexity index is 267. The molecule has 0 saturated heterocycles. The average molecular weight is 339 g/mol. The Kier molecular flexibility index (Phi) is 16.0. The van der Waals surface area contributed by atoms with Gasteiger partial charge in [-0.25, -0.2) is 0 Å². The Hall–Kier alpha value is -0.300. The number of hydrogen-bond acceptors (Lipinski definition) is 0. The van der Waals surface area contributed by atoms with Crippen LogP contribution in [0.15, 0.2) is 12.7 Å². The lowest BCUT2D eigenvalue weighted by Gasteiger charge is -2.28. The Labute approximate surface area is 154 Å². The Balaban J connectivity index is 3.14. The van der Waals surface area contributed by atoms with Gasteiger partial charge in [-0.1, -0.05) is 97.5 Å². The molecule has 0 aliphatic carbocycles. The van der Waals surface area contributed by atoms with Gasteiger partial charge in [0.1, 0.15) is 0 Å². The van der Waals surface area contributed by atoms with Crippen molar-refractivity contribution in [3.8, 4) is 0 Å². The molecule has 0 aliphatic heterocycles. The van der Waals surface area contributed by atoms with Gasteiger partial charge in [-0.2, -0.15) is 0 Å². The molecule has 1 nitrogen and oxygen atoms in total. The van der Waals surface area contributed by atoms with E-state index < -0.39 is 0 Å². The summed E-state index contributed by atoms with van der Waals surface area (Å²) in [4.78, 5) is 0. The molecule has 144 valence electrons. The molecule has 0 N–H and O–H groups in total. The predicted molar refractivity (Wildman–Crippen MR) is 112 cm³/mol. The van der Waals surface area contributed by atoms with Crippen LogP contribution in [0.2, 0.25) is 0 Å². The highest BCUT2D eigenvalue weighted by Crippen LogP contribution is 2.14. The van der Waals surface area contributed by atoms with E-state index in [4.69, 9.17) is 0 Å². The van der Waals surface area contributed by atoms with Crippen LogP contribution >= 0.6 is 0 Å². The number of rotatable bonds is 18. The third kappa shape index (κ3) is 18.0. The van der Waals surface area contributed by atoms with Gasteiger partial charge in [-0.15, -0.1) is 0 Å². The summed E-state index contributed by atoms with van der Waals surface area (Å²) in [7, 11) is 4.62. The van der Waals surface area contributed by atoms with E-state index in [9.17, 15) is 0 Å². The monoisotopic (exact) mass is 338 g/mol. The summed E-state index contributed by atoms with van der Waals surface area (Å²) in [6.07, 6.45) is 22.3. The summed E-state index contributed by atoms with van der Waals surface area (Å²) in [6, 6.07) is 0. The Morgan fingerprint density at radius 2 is 1.04 bits per heavy atom. The smallest absolute Gasteiger partial charge is 0.0966 e. The fourth-order valence-corrected chi connectivity index (χ4v) is 3.48. The first-order valence-electron chi connectivity index (χ1n) is 10.9. The van der Waals surface area contributed by atoms with Gasteiger partial charge < -0.3 is 4.48 Å². The van der Waals surface area contributed by atoms with Gasteiger partial charge in [0, 0.05) is 0 Å². The maximum Gasteiger partial charge on any atom is 0.0966 e. The zero-order chi connectivity index (χ0) is 18.1. The van der Waals surface area contributed by atoms with E-state index in [0.717, 1.165) is 16.9 Å². The second-order valence-electron chi connectivity index (χ2n) is 8.91. The molecule has 0 fully saturated rings. The topological polar surface area (TPSA) is 0 Å². The number of nitrogens with zero attached hydrogens (tertiary/aromatic N) is 1. The molecular formula is C23H48N+. The number of quaternary nitrogens is 1. The fraction of sp³-hybridized carbons (Fsp3) is 0.913. The second kappa shape index (κ2) is 16.2. The molecular weight excluding hydrogens is 290 g/mol. The van der Waals surface area contributed by atoms with E-state index in [1.165, 1.54) is 96.4 Å². The summed E-state index contributed by atoms with van der Waals surface area (Å²) >= 11 is 0. The molecule has 0 rings (SSSR count). The molecule has 0 aromatic carbocycles. The van der Waals surface area contributed by atoms with Gasteiger partial charge in [0.2, 0.25) is 0 Å². The average Bonchev–Trinajstić information content (AvgIpc) is 2.50. The third-order valence-electron chi connectivity index (χ3n) is 5.17. The molecule has 24 heavy (non-hydrogen) atoms. The highest BCUT2D eigenvalue weighted by molar-refractivity contribution is 4.64. The van der Waals surface area contributed by atoms with Gasteiger partial charge >= 0.3 is 0 Å². The second-order valence-corrected chi connectivity index (χ2v) is 8.91. The number of likely N-dealkylation sites (N-methyl/N-ethyl adjacent to an activating group) is 1. The molecule has 0 atom stereocenters. The molecule has 0 heterocycles. The SMILES string of the molecule is C=CC[N+](C)(C)CCCCCCCCCCCCCCCC(C)C. The van der Waals surface area contributed by atoms with Gasteiger partial charge in [-0.05, 0) is 24.8 Å². The lowest BCUT2D eigenvalue weighted by atomic mass is 10.0. The van der Waals surface area contributed by atoms with E-state index in [1.807, 2.05) is 6.08 Å². The van der Waals surface area contributed by atoms with Crippen molar-refractivity contribution >= 4 is 0 Å². The van der Waals surface area contributed by atoms with Crippen LogP contribution in [-0.2, 0) is 0 Å². The van der Waals surface area contributed by atoms with E-state index in [0.29, 0.717) is 0 Å². The van der Waals surface area contributed by atoms with Crippen molar-refractivity contribution in [3.63, 3.8) is 0 Å². The van der Waals surface area contributed by atoms with Crippen LogP contribution in [0.3, 0.4) is 0 Å². The normalized spacial score (nSPS) is 12.0. The van der Waals surface area contributed by atoms with Crippen LogP contribution in [0.25, 0.3) is 0 Å². The van der Waals surface area contributed by atoms with Gasteiger partial charge in [0.05, 0.1) is 27.2 Å². The van der Waals surface area contributed by atoms with Crippen LogP contribution in [0, 0.1) is 5.92 Å². The minimum Gasteiger partial charge on any atom is -0.325 e. The molecule has 0 saturated carbocycles. The lowest BCUT2D eigenvalue weighted by Crippen LogP contribution is -2.40. The first kappa shape index (κ1) is 23.7. The van der Waals surface area contributed by atoms with Crippen LogP contribution in [0.1, 0.15) is 104 Å². The first-order chi connectivity index (χ1) is 11.5. The molecule has 0 unspecified atom stereocenters. The standard InChI is InChI=1S/C23H48N/c1-6-21-24(4,5)22-19-17-15-13-11-9-7-8-10-12-14-16-18-20-23(2)3/h6,23H,1,7-22H2,2-5H3/q+1. The molecule has 0 aliphatic rings. The van der Waals surface area contributed by atoms with E-state index in [2.05, 4.69) is 34.5 Å². The highest BCUT2D eigenvalue weighted by Gasteiger charge is 2.11. The minimum atomic E-state index is 0.891. The lowest BCUT2D eigenvalue weighted by molar-refractivity contribution is -0.884. The van der Waals surface area contributed by atoms with E-state index >= 15 is 0 Å².